The molecule has 0 unspecified atom stereocenters. The summed E-state index contributed by atoms with van der Waals surface area (Å²) in [5.41, 5.74) is 2.05. The summed E-state index contributed by atoms with van der Waals surface area (Å²) in [5, 5.41) is 0.846. The monoisotopic (exact) mass is 244 g/mol. The van der Waals surface area contributed by atoms with Crippen molar-refractivity contribution in [3.05, 3.63) is 29.3 Å². The van der Waals surface area contributed by atoms with Gasteiger partial charge < -0.3 is 0 Å². The van der Waals surface area contributed by atoms with Crippen LogP contribution in [-0.4, -0.2) is 18.1 Å². The third-order valence-electron chi connectivity index (χ3n) is 2.48. The predicted octanol–water partition coefficient (Wildman–Crippen LogP) is 2.49. The van der Waals surface area contributed by atoms with Gasteiger partial charge in [0, 0.05) is 0 Å². The second kappa shape index (κ2) is 5.74. The van der Waals surface area contributed by atoms with Gasteiger partial charge in [0.2, 0.25) is 0 Å². The molecule has 1 aromatic carbocycles. The average molecular weight is 244 g/mol. The van der Waals surface area contributed by atoms with Gasteiger partial charge in [0.15, 0.2) is 0 Å². The number of hydrogen-bond donors (Lipinski definition) is 1. The Morgan fingerprint density at radius 3 is 1.88 bits per heavy atom. The van der Waals surface area contributed by atoms with Crippen molar-refractivity contribution in [2.45, 2.75) is 27.7 Å². The van der Waals surface area contributed by atoms with E-state index in [1.807, 2.05) is 45.9 Å². The molecule has 0 aliphatic heterocycles. The van der Waals surface area contributed by atoms with Gasteiger partial charge in [0.25, 0.3) is 0 Å². The summed E-state index contributed by atoms with van der Waals surface area (Å²) in [5.74, 6) is 0. The molecular formula is C12H21O3P. The van der Waals surface area contributed by atoms with E-state index < -0.39 is 7.94 Å². The van der Waals surface area contributed by atoms with E-state index in [0.717, 1.165) is 16.4 Å². The Morgan fingerprint density at radius 1 is 1.06 bits per heavy atom. The SMILES string of the molecule is CCO[PH](O)(OCC)c1c(C)cccc1C. The van der Waals surface area contributed by atoms with Crippen LogP contribution in [0.1, 0.15) is 25.0 Å². The summed E-state index contributed by atoms with van der Waals surface area (Å²) >= 11 is 0. The summed E-state index contributed by atoms with van der Waals surface area (Å²) in [6.07, 6.45) is 0. The zero-order valence-electron chi connectivity index (χ0n) is 10.4. The summed E-state index contributed by atoms with van der Waals surface area (Å²) in [7, 11) is -3.21. The summed E-state index contributed by atoms with van der Waals surface area (Å²) in [6.45, 7) is 8.58. The number of hydrogen-bond acceptors (Lipinski definition) is 3. The van der Waals surface area contributed by atoms with Gasteiger partial charge in [-0.25, -0.2) is 0 Å². The fourth-order valence-electron chi connectivity index (χ4n) is 1.89. The first-order valence-corrected chi connectivity index (χ1v) is 7.38. The van der Waals surface area contributed by atoms with Crippen molar-refractivity contribution < 1.29 is 13.9 Å². The van der Waals surface area contributed by atoms with Gasteiger partial charge in [0.05, 0.1) is 0 Å². The molecule has 0 fully saturated rings. The van der Waals surface area contributed by atoms with Gasteiger partial charge >= 0.3 is 97.4 Å². The normalized spacial score (nSPS) is 12.8. The summed E-state index contributed by atoms with van der Waals surface area (Å²) in [6, 6.07) is 5.91. The minimum atomic E-state index is -3.21. The molecule has 0 amide bonds. The minimum absolute atomic E-state index is 0.455. The first-order valence-electron chi connectivity index (χ1n) is 5.62. The fraction of sp³-hybridized carbons (Fsp3) is 0.500. The van der Waals surface area contributed by atoms with Gasteiger partial charge in [-0.2, -0.15) is 0 Å². The Hall–Kier alpha value is -0.470. The van der Waals surface area contributed by atoms with E-state index in [1.165, 1.54) is 0 Å². The van der Waals surface area contributed by atoms with Crippen LogP contribution in [0, 0.1) is 13.8 Å². The van der Waals surface area contributed by atoms with Gasteiger partial charge in [-0.05, 0) is 0 Å². The van der Waals surface area contributed by atoms with Crippen LogP contribution >= 0.6 is 7.94 Å². The zero-order chi connectivity index (χ0) is 12.2. The second-order valence-corrected chi connectivity index (χ2v) is 5.96. The molecule has 0 aliphatic rings. The molecule has 0 aliphatic carbocycles. The number of aryl methyl sites for hydroxylation is 2. The fourth-order valence-corrected chi connectivity index (χ4v) is 4.21. The van der Waals surface area contributed by atoms with E-state index in [4.69, 9.17) is 9.05 Å². The first-order chi connectivity index (χ1) is 7.55. The molecule has 0 atom stereocenters. The Balaban J connectivity index is 3.19. The van der Waals surface area contributed by atoms with Crippen LogP contribution in [-0.2, 0) is 9.05 Å². The molecule has 16 heavy (non-hydrogen) atoms. The Labute approximate surface area is 98.0 Å². The quantitative estimate of drug-likeness (QED) is 0.809. The molecule has 3 nitrogen and oxygen atoms in total. The molecule has 1 rings (SSSR count). The van der Waals surface area contributed by atoms with Gasteiger partial charge in [0.1, 0.15) is 0 Å². The first kappa shape index (κ1) is 13.6. The molecule has 1 aromatic rings. The molecule has 0 bridgehead atoms. The van der Waals surface area contributed by atoms with E-state index in [9.17, 15) is 4.89 Å². The molecular weight excluding hydrogens is 223 g/mol. The van der Waals surface area contributed by atoms with Crippen LogP contribution in [0.3, 0.4) is 0 Å². The van der Waals surface area contributed by atoms with Crippen molar-refractivity contribution in [2.24, 2.45) is 0 Å². The summed E-state index contributed by atoms with van der Waals surface area (Å²) in [4.78, 5) is 10.5. The molecule has 0 heterocycles. The van der Waals surface area contributed by atoms with Crippen molar-refractivity contribution >= 4 is 13.2 Å². The summed E-state index contributed by atoms with van der Waals surface area (Å²) < 4.78 is 11.0. The van der Waals surface area contributed by atoms with E-state index in [-0.39, 0.29) is 0 Å². The predicted molar refractivity (Wildman–Crippen MR) is 69.3 cm³/mol. The molecule has 0 spiro atoms. The van der Waals surface area contributed by atoms with Gasteiger partial charge in [-0.1, -0.05) is 0 Å². The van der Waals surface area contributed by atoms with E-state index in [2.05, 4.69) is 0 Å². The van der Waals surface area contributed by atoms with Crippen molar-refractivity contribution in [1.82, 2.24) is 0 Å². The number of benzene rings is 1. The van der Waals surface area contributed by atoms with E-state index in [1.54, 1.807) is 0 Å². The molecule has 0 saturated heterocycles. The van der Waals surface area contributed by atoms with Crippen molar-refractivity contribution in [3.8, 4) is 0 Å². The van der Waals surface area contributed by atoms with Crippen LogP contribution in [0.2, 0.25) is 0 Å². The van der Waals surface area contributed by atoms with Crippen LogP contribution in [0.25, 0.3) is 0 Å². The van der Waals surface area contributed by atoms with Crippen molar-refractivity contribution in [2.75, 3.05) is 13.2 Å². The Morgan fingerprint density at radius 2 is 1.50 bits per heavy atom. The maximum absolute atomic E-state index is 10.5. The zero-order valence-corrected chi connectivity index (χ0v) is 11.4. The average Bonchev–Trinajstić information content (AvgIpc) is 2.17. The van der Waals surface area contributed by atoms with E-state index in [0.29, 0.717) is 13.2 Å². The number of rotatable bonds is 5. The molecule has 4 heteroatoms. The van der Waals surface area contributed by atoms with Crippen molar-refractivity contribution in [3.63, 3.8) is 0 Å². The van der Waals surface area contributed by atoms with Crippen LogP contribution < -0.4 is 5.30 Å². The Bertz CT molecular complexity index is 326. The standard InChI is InChI=1S/C12H21O3P/c1-5-14-16(13,15-6-2)12-10(3)8-7-9-11(12)4/h7-9,13,16H,5-6H2,1-4H3. The van der Waals surface area contributed by atoms with Crippen LogP contribution in [0.15, 0.2) is 18.2 Å². The van der Waals surface area contributed by atoms with Crippen LogP contribution in [0.4, 0.5) is 0 Å². The Kier molecular flexibility index (Phi) is 4.88. The van der Waals surface area contributed by atoms with Gasteiger partial charge in [-0.3, -0.25) is 0 Å². The van der Waals surface area contributed by atoms with Gasteiger partial charge in [-0.15, -0.1) is 0 Å². The molecule has 92 valence electrons. The topological polar surface area (TPSA) is 38.7 Å². The second-order valence-electron chi connectivity index (χ2n) is 3.71. The maximum atomic E-state index is 10.5. The van der Waals surface area contributed by atoms with E-state index >= 15 is 0 Å². The molecule has 1 N–H and O–H groups in total. The third-order valence-corrected chi connectivity index (χ3v) is 5.26. The molecule has 0 aromatic heterocycles. The molecule has 0 radical (unpaired) electrons. The third kappa shape index (κ3) is 2.80. The van der Waals surface area contributed by atoms with Crippen molar-refractivity contribution in [1.29, 1.82) is 0 Å². The van der Waals surface area contributed by atoms with Crippen LogP contribution in [0.5, 0.6) is 0 Å². The molecule has 0 saturated carbocycles.